The lowest BCUT2D eigenvalue weighted by atomic mass is 10.3. The topological polar surface area (TPSA) is 78.8 Å². The molecule has 0 radical (unpaired) electrons. The first-order valence-electron chi connectivity index (χ1n) is 7.06. The lowest BCUT2D eigenvalue weighted by molar-refractivity contribution is 0.269. The Bertz CT molecular complexity index is 685. The van der Waals surface area contributed by atoms with Gasteiger partial charge in [0, 0.05) is 18.3 Å². The van der Waals surface area contributed by atoms with E-state index in [1.807, 2.05) is 36.7 Å². The number of nitrogens with zero attached hydrogens (tertiary/aromatic N) is 3. The number of aromatic amines is 1. The maximum Gasteiger partial charge on any atom is 0.124 e. The van der Waals surface area contributed by atoms with Gasteiger partial charge in [0.2, 0.25) is 0 Å². The Labute approximate surface area is 122 Å². The standard InChI is InChI=1S/C15H19N5O/c1-11(15-18-13-4-2-3-5-14(13)19-15)16-8-12-9-17-20(10-12)6-7-21/h2-5,9-11,16,21H,6-8H2,1H3,(H,18,19). The zero-order valence-corrected chi connectivity index (χ0v) is 12.0. The molecule has 6 heteroatoms. The molecular weight excluding hydrogens is 266 g/mol. The predicted octanol–water partition coefficient (Wildman–Crippen LogP) is 1.60. The first-order valence-corrected chi connectivity index (χ1v) is 7.06. The molecular formula is C15H19N5O. The van der Waals surface area contributed by atoms with Crippen molar-refractivity contribution >= 4 is 11.0 Å². The summed E-state index contributed by atoms with van der Waals surface area (Å²) in [6.45, 7) is 3.42. The molecule has 21 heavy (non-hydrogen) atoms. The Balaban J connectivity index is 1.63. The van der Waals surface area contributed by atoms with Crippen LogP contribution in [0.1, 0.15) is 24.4 Å². The van der Waals surface area contributed by atoms with Gasteiger partial charge in [-0.3, -0.25) is 4.68 Å². The zero-order valence-electron chi connectivity index (χ0n) is 12.0. The Morgan fingerprint density at radius 3 is 3.05 bits per heavy atom. The minimum atomic E-state index is 0.101. The van der Waals surface area contributed by atoms with Gasteiger partial charge in [0.05, 0.1) is 36.4 Å². The van der Waals surface area contributed by atoms with Crippen LogP contribution in [0, 0.1) is 0 Å². The second-order valence-corrected chi connectivity index (χ2v) is 5.08. The van der Waals surface area contributed by atoms with Gasteiger partial charge in [-0.25, -0.2) is 4.98 Å². The molecule has 0 aliphatic rings. The highest BCUT2D eigenvalue weighted by molar-refractivity contribution is 5.74. The van der Waals surface area contributed by atoms with E-state index in [2.05, 4.69) is 27.3 Å². The predicted molar refractivity (Wildman–Crippen MR) is 80.7 cm³/mol. The fraction of sp³-hybridized carbons (Fsp3) is 0.333. The molecule has 0 saturated carbocycles. The third-order valence-electron chi connectivity index (χ3n) is 3.45. The summed E-state index contributed by atoms with van der Waals surface area (Å²) >= 11 is 0. The molecule has 6 nitrogen and oxygen atoms in total. The highest BCUT2D eigenvalue weighted by Gasteiger charge is 2.10. The molecule has 0 bridgehead atoms. The Morgan fingerprint density at radius 2 is 2.24 bits per heavy atom. The van der Waals surface area contributed by atoms with Crippen LogP contribution in [0.25, 0.3) is 11.0 Å². The molecule has 0 fully saturated rings. The number of H-pyrrole nitrogens is 1. The SMILES string of the molecule is CC(NCc1cnn(CCO)c1)c1nc2ccccc2[nH]1. The van der Waals surface area contributed by atoms with Crippen molar-refractivity contribution in [3.63, 3.8) is 0 Å². The molecule has 2 heterocycles. The maximum atomic E-state index is 8.88. The van der Waals surface area contributed by atoms with Gasteiger partial charge in [-0.15, -0.1) is 0 Å². The highest BCUT2D eigenvalue weighted by Crippen LogP contribution is 2.15. The summed E-state index contributed by atoms with van der Waals surface area (Å²) in [7, 11) is 0. The van der Waals surface area contributed by atoms with Crippen LogP contribution >= 0.6 is 0 Å². The van der Waals surface area contributed by atoms with Gasteiger partial charge in [-0.1, -0.05) is 12.1 Å². The molecule has 0 saturated heterocycles. The summed E-state index contributed by atoms with van der Waals surface area (Å²) in [5.41, 5.74) is 3.13. The normalized spacial score (nSPS) is 12.9. The van der Waals surface area contributed by atoms with E-state index in [0.29, 0.717) is 13.1 Å². The molecule has 0 amide bonds. The first-order chi connectivity index (χ1) is 10.3. The molecule has 0 spiro atoms. The van der Waals surface area contributed by atoms with Crippen molar-refractivity contribution in [1.29, 1.82) is 0 Å². The number of hydrogen-bond donors (Lipinski definition) is 3. The van der Waals surface area contributed by atoms with Crippen LogP contribution in [0.4, 0.5) is 0 Å². The zero-order chi connectivity index (χ0) is 14.7. The monoisotopic (exact) mass is 285 g/mol. The van der Waals surface area contributed by atoms with E-state index < -0.39 is 0 Å². The van der Waals surface area contributed by atoms with Crippen LogP contribution in [-0.4, -0.2) is 31.5 Å². The number of rotatable bonds is 6. The summed E-state index contributed by atoms with van der Waals surface area (Å²) in [5.74, 6) is 0.930. The number of benzene rings is 1. The van der Waals surface area contributed by atoms with Gasteiger partial charge >= 0.3 is 0 Å². The molecule has 0 aliphatic heterocycles. The van der Waals surface area contributed by atoms with Crippen molar-refractivity contribution in [2.24, 2.45) is 0 Å². The lowest BCUT2D eigenvalue weighted by Gasteiger charge is -2.09. The van der Waals surface area contributed by atoms with E-state index >= 15 is 0 Å². The van der Waals surface area contributed by atoms with Gasteiger partial charge in [0.25, 0.3) is 0 Å². The Morgan fingerprint density at radius 1 is 1.38 bits per heavy atom. The van der Waals surface area contributed by atoms with E-state index in [1.165, 1.54) is 0 Å². The van der Waals surface area contributed by atoms with E-state index in [4.69, 9.17) is 5.11 Å². The van der Waals surface area contributed by atoms with Gasteiger partial charge in [0.1, 0.15) is 5.82 Å². The van der Waals surface area contributed by atoms with Gasteiger partial charge < -0.3 is 15.4 Å². The number of hydrogen-bond acceptors (Lipinski definition) is 4. The highest BCUT2D eigenvalue weighted by atomic mass is 16.3. The van der Waals surface area contributed by atoms with Crippen molar-refractivity contribution in [2.45, 2.75) is 26.1 Å². The summed E-state index contributed by atoms with van der Waals surface area (Å²) in [6, 6.07) is 8.13. The summed E-state index contributed by atoms with van der Waals surface area (Å²) in [4.78, 5) is 7.92. The fourth-order valence-corrected chi connectivity index (χ4v) is 2.27. The first kappa shape index (κ1) is 13.8. The molecule has 1 unspecified atom stereocenters. The second kappa shape index (κ2) is 6.07. The van der Waals surface area contributed by atoms with Crippen LogP contribution in [0.15, 0.2) is 36.7 Å². The molecule has 0 aliphatic carbocycles. The largest absolute Gasteiger partial charge is 0.394 e. The molecule has 1 atom stereocenters. The van der Waals surface area contributed by atoms with Gasteiger partial charge in [0.15, 0.2) is 0 Å². The third kappa shape index (κ3) is 3.12. The maximum absolute atomic E-state index is 8.88. The van der Waals surface area contributed by atoms with Crippen molar-refractivity contribution in [3.05, 3.63) is 48.0 Å². The Hall–Kier alpha value is -2.18. The third-order valence-corrected chi connectivity index (χ3v) is 3.45. The van der Waals surface area contributed by atoms with Gasteiger partial charge in [-0.2, -0.15) is 5.10 Å². The average Bonchev–Trinajstić information content (AvgIpc) is 3.11. The van der Waals surface area contributed by atoms with Gasteiger partial charge in [-0.05, 0) is 19.1 Å². The number of fused-ring (bicyclic) bond motifs is 1. The fourth-order valence-electron chi connectivity index (χ4n) is 2.27. The molecule has 3 N–H and O–H groups in total. The van der Waals surface area contributed by atoms with Crippen LogP contribution in [0.5, 0.6) is 0 Å². The number of para-hydroxylation sites is 2. The van der Waals surface area contributed by atoms with E-state index in [9.17, 15) is 0 Å². The average molecular weight is 285 g/mol. The van der Waals surface area contributed by atoms with E-state index in [0.717, 1.165) is 22.4 Å². The minimum absolute atomic E-state index is 0.101. The van der Waals surface area contributed by atoms with E-state index in [-0.39, 0.29) is 12.6 Å². The van der Waals surface area contributed by atoms with Crippen LogP contribution in [-0.2, 0) is 13.1 Å². The molecule has 3 rings (SSSR count). The van der Waals surface area contributed by atoms with Crippen molar-refractivity contribution < 1.29 is 5.11 Å². The Kier molecular flexibility index (Phi) is 3.98. The number of aliphatic hydroxyl groups excluding tert-OH is 1. The molecule has 2 aromatic heterocycles. The van der Waals surface area contributed by atoms with E-state index in [1.54, 1.807) is 4.68 Å². The van der Waals surface area contributed by atoms with Crippen LogP contribution < -0.4 is 5.32 Å². The second-order valence-electron chi connectivity index (χ2n) is 5.08. The summed E-state index contributed by atoms with van der Waals surface area (Å²) < 4.78 is 1.74. The number of aromatic nitrogens is 4. The smallest absolute Gasteiger partial charge is 0.124 e. The number of aliphatic hydroxyl groups is 1. The van der Waals surface area contributed by atoms with Crippen LogP contribution in [0.2, 0.25) is 0 Å². The summed E-state index contributed by atoms with van der Waals surface area (Å²) in [5, 5.41) is 16.5. The number of imidazole rings is 1. The molecule has 110 valence electrons. The van der Waals surface area contributed by atoms with Crippen LogP contribution in [0.3, 0.4) is 0 Å². The van der Waals surface area contributed by atoms with Crippen molar-refractivity contribution in [3.8, 4) is 0 Å². The quantitative estimate of drug-likeness (QED) is 0.643. The van der Waals surface area contributed by atoms with Crippen molar-refractivity contribution in [1.82, 2.24) is 25.1 Å². The number of nitrogens with one attached hydrogen (secondary N) is 2. The van der Waals surface area contributed by atoms with Crippen molar-refractivity contribution in [2.75, 3.05) is 6.61 Å². The minimum Gasteiger partial charge on any atom is -0.394 e. The lowest BCUT2D eigenvalue weighted by Crippen LogP contribution is -2.19. The molecule has 1 aromatic carbocycles. The summed E-state index contributed by atoms with van der Waals surface area (Å²) in [6.07, 6.45) is 3.75. The molecule has 3 aromatic rings.